The van der Waals surface area contributed by atoms with E-state index in [9.17, 15) is 8.42 Å². The summed E-state index contributed by atoms with van der Waals surface area (Å²) in [5.74, 6) is 0. The number of hydrogen-bond donors (Lipinski definition) is 1. The largest absolute Gasteiger partial charge is 0.389 e. The van der Waals surface area contributed by atoms with E-state index in [-0.39, 0.29) is 20.9 Å². The second kappa shape index (κ2) is 6.58. The van der Waals surface area contributed by atoms with Gasteiger partial charge in [0.2, 0.25) is 10.0 Å². The number of benzene rings is 1. The average Bonchev–Trinajstić information content (AvgIpc) is 3.23. The minimum absolute atomic E-state index is 0.0384. The molecule has 8 heteroatoms. The van der Waals surface area contributed by atoms with E-state index in [0.29, 0.717) is 18.7 Å². The van der Waals surface area contributed by atoms with Crippen molar-refractivity contribution in [1.82, 2.24) is 4.31 Å². The van der Waals surface area contributed by atoms with Gasteiger partial charge in [-0.15, -0.1) is 0 Å². The van der Waals surface area contributed by atoms with E-state index >= 15 is 0 Å². The zero-order valence-corrected chi connectivity index (χ0v) is 14.0. The van der Waals surface area contributed by atoms with E-state index in [1.54, 1.807) is 13.2 Å². The number of thiocarbonyl (C=S) groups is 1. The number of ether oxygens (including phenoxy) is 1. The molecule has 0 aromatic heterocycles. The number of methoxy groups -OCH3 is 1. The highest BCUT2D eigenvalue weighted by Gasteiger charge is 2.38. The molecule has 0 spiro atoms. The number of hydrogen-bond acceptors (Lipinski definition) is 4. The van der Waals surface area contributed by atoms with Crippen LogP contribution in [0.5, 0.6) is 0 Å². The molecule has 116 valence electrons. The van der Waals surface area contributed by atoms with Crippen molar-refractivity contribution in [3.8, 4) is 0 Å². The first kappa shape index (κ1) is 16.6. The third-order valence-corrected chi connectivity index (χ3v) is 5.94. The van der Waals surface area contributed by atoms with Crippen molar-refractivity contribution in [1.29, 1.82) is 0 Å². The molecular formula is C13H17ClN2O3S2. The molecule has 2 rings (SSSR count). The molecule has 1 saturated carbocycles. The summed E-state index contributed by atoms with van der Waals surface area (Å²) in [6.07, 6.45) is 1.73. The maximum atomic E-state index is 12.7. The van der Waals surface area contributed by atoms with Crippen molar-refractivity contribution in [2.45, 2.75) is 23.8 Å². The van der Waals surface area contributed by atoms with E-state index in [4.69, 9.17) is 34.3 Å². The summed E-state index contributed by atoms with van der Waals surface area (Å²) in [7, 11) is -2.10. The monoisotopic (exact) mass is 348 g/mol. The highest BCUT2D eigenvalue weighted by atomic mass is 35.5. The topological polar surface area (TPSA) is 72.6 Å². The Balaban J connectivity index is 2.35. The van der Waals surface area contributed by atoms with Gasteiger partial charge < -0.3 is 10.5 Å². The fraction of sp³-hybridized carbons (Fsp3) is 0.462. The van der Waals surface area contributed by atoms with Crippen LogP contribution >= 0.6 is 23.8 Å². The van der Waals surface area contributed by atoms with E-state index in [1.807, 2.05) is 0 Å². The smallest absolute Gasteiger partial charge is 0.244 e. The van der Waals surface area contributed by atoms with Gasteiger partial charge in [0.15, 0.2) is 0 Å². The van der Waals surface area contributed by atoms with Crippen LogP contribution in [-0.2, 0) is 14.8 Å². The molecule has 0 saturated heterocycles. The van der Waals surface area contributed by atoms with Gasteiger partial charge in [-0.3, -0.25) is 0 Å². The lowest BCUT2D eigenvalue weighted by Crippen LogP contribution is -2.36. The van der Waals surface area contributed by atoms with Crippen molar-refractivity contribution in [2.75, 3.05) is 20.3 Å². The lowest BCUT2D eigenvalue weighted by molar-refractivity contribution is 0.177. The minimum atomic E-state index is -3.65. The Morgan fingerprint density at radius 1 is 1.52 bits per heavy atom. The van der Waals surface area contributed by atoms with Gasteiger partial charge in [-0.1, -0.05) is 29.9 Å². The lowest BCUT2D eigenvalue weighted by Gasteiger charge is -2.22. The molecule has 0 atom stereocenters. The van der Waals surface area contributed by atoms with Gasteiger partial charge in [-0.25, -0.2) is 8.42 Å². The number of rotatable bonds is 7. The Labute approximate surface area is 135 Å². The van der Waals surface area contributed by atoms with Crippen LogP contribution in [0.2, 0.25) is 5.02 Å². The van der Waals surface area contributed by atoms with Crippen molar-refractivity contribution in [2.24, 2.45) is 5.73 Å². The fourth-order valence-electron chi connectivity index (χ4n) is 2.03. The first-order chi connectivity index (χ1) is 9.87. The van der Waals surface area contributed by atoms with E-state index < -0.39 is 10.0 Å². The maximum Gasteiger partial charge on any atom is 0.244 e. The zero-order chi connectivity index (χ0) is 15.6. The summed E-state index contributed by atoms with van der Waals surface area (Å²) in [6, 6.07) is 4.55. The molecule has 2 N–H and O–H groups in total. The van der Waals surface area contributed by atoms with Crippen LogP contribution in [0.15, 0.2) is 23.1 Å². The number of nitrogens with zero attached hydrogens (tertiary/aromatic N) is 1. The molecule has 0 aliphatic heterocycles. The van der Waals surface area contributed by atoms with Gasteiger partial charge in [0.05, 0.1) is 11.6 Å². The quantitative estimate of drug-likeness (QED) is 0.760. The number of halogens is 1. The summed E-state index contributed by atoms with van der Waals surface area (Å²) in [5.41, 5.74) is 6.07. The third kappa shape index (κ3) is 3.73. The van der Waals surface area contributed by atoms with Crippen LogP contribution in [0, 0.1) is 0 Å². The van der Waals surface area contributed by atoms with Crippen molar-refractivity contribution < 1.29 is 13.2 Å². The summed E-state index contributed by atoms with van der Waals surface area (Å²) < 4.78 is 31.9. The first-order valence-electron chi connectivity index (χ1n) is 6.48. The summed E-state index contributed by atoms with van der Waals surface area (Å²) >= 11 is 11.0. The third-order valence-electron chi connectivity index (χ3n) is 3.27. The second-order valence-corrected chi connectivity index (χ2v) is 7.56. The first-order valence-corrected chi connectivity index (χ1v) is 8.70. The van der Waals surface area contributed by atoms with Gasteiger partial charge in [0, 0.05) is 25.3 Å². The van der Waals surface area contributed by atoms with Crippen molar-refractivity contribution in [3.05, 3.63) is 28.8 Å². The van der Waals surface area contributed by atoms with Crippen molar-refractivity contribution in [3.63, 3.8) is 0 Å². The van der Waals surface area contributed by atoms with Crippen LogP contribution in [0.25, 0.3) is 0 Å². The van der Waals surface area contributed by atoms with E-state index in [1.165, 1.54) is 16.4 Å². The molecule has 1 aromatic rings. The highest BCUT2D eigenvalue weighted by Crippen LogP contribution is 2.34. The Morgan fingerprint density at radius 2 is 2.19 bits per heavy atom. The molecule has 1 aromatic carbocycles. The minimum Gasteiger partial charge on any atom is -0.389 e. The number of sulfonamides is 1. The van der Waals surface area contributed by atoms with Crippen LogP contribution in [0.1, 0.15) is 18.4 Å². The van der Waals surface area contributed by atoms with E-state index in [2.05, 4.69) is 0 Å². The molecule has 1 aliphatic carbocycles. The molecule has 1 aliphatic rings. The molecule has 0 unspecified atom stereocenters. The molecule has 5 nitrogen and oxygen atoms in total. The van der Waals surface area contributed by atoms with Crippen LogP contribution in [0.3, 0.4) is 0 Å². The Bertz CT molecular complexity index is 645. The molecule has 0 radical (unpaired) electrons. The molecular weight excluding hydrogens is 332 g/mol. The van der Waals surface area contributed by atoms with Gasteiger partial charge in [-0.2, -0.15) is 4.31 Å². The average molecular weight is 349 g/mol. The Kier molecular flexibility index (Phi) is 5.21. The van der Waals surface area contributed by atoms with Gasteiger partial charge in [0.1, 0.15) is 9.88 Å². The molecule has 21 heavy (non-hydrogen) atoms. The van der Waals surface area contributed by atoms with Crippen LogP contribution in [-0.4, -0.2) is 44.0 Å². The maximum absolute atomic E-state index is 12.7. The standard InChI is InChI=1S/C13H17ClN2O3S2/c1-19-7-6-16(10-3-4-10)21(17,18)12-5-2-9(13(15)20)8-11(12)14/h2,5,8,10H,3-4,6-7H2,1H3,(H2,15,20). The zero-order valence-electron chi connectivity index (χ0n) is 11.6. The van der Waals surface area contributed by atoms with Gasteiger partial charge in [-0.05, 0) is 25.0 Å². The number of nitrogens with two attached hydrogens (primary N) is 1. The fourth-order valence-corrected chi connectivity index (χ4v) is 4.35. The summed E-state index contributed by atoms with van der Waals surface area (Å²) in [4.78, 5) is 0.256. The van der Waals surface area contributed by atoms with Gasteiger partial charge >= 0.3 is 0 Å². The SMILES string of the molecule is COCCN(C1CC1)S(=O)(=O)c1ccc(C(N)=S)cc1Cl. The van der Waals surface area contributed by atoms with Crippen molar-refractivity contribution >= 4 is 38.8 Å². The highest BCUT2D eigenvalue weighted by molar-refractivity contribution is 7.89. The predicted octanol–water partition coefficient (Wildman–Crippen LogP) is 1.77. The predicted molar refractivity (Wildman–Crippen MR) is 86.1 cm³/mol. The Morgan fingerprint density at radius 3 is 2.67 bits per heavy atom. The normalized spacial score (nSPS) is 15.4. The summed E-state index contributed by atoms with van der Waals surface area (Å²) in [6.45, 7) is 0.662. The summed E-state index contributed by atoms with van der Waals surface area (Å²) in [5, 5.41) is 0.128. The van der Waals surface area contributed by atoms with E-state index in [0.717, 1.165) is 12.8 Å². The molecule has 0 bridgehead atoms. The molecule has 0 heterocycles. The van der Waals surface area contributed by atoms with Crippen LogP contribution < -0.4 is 5.73 Å². The van der Waals surface area contributed by atoms with Crippen LogP contribution in [0.4, 0.5) is 0 Å². The van der Waals surface area contributed by atoms with Gasteiger partial charge in [0.25, 0.3) is 0 Å². The molecule has 1 fully saturated rings. The lowest BCUT2D eigenvalue weighted by atomic mass is 10.2. The Hall–Kier alpha value is -0.730. The molecule has 0 amide bonds. The second-order valence-electron chi connectivity index (χ2n) is 4.85.